The minimum atomic E-state index is -0.0714. The Kier molecular flexibility index (Phi) is 5.69. The lowest BCUT2D eigenvalue weighted by Crippen LogP contribution is -2.32. The second-order valence-corrected chi connectivity index (χ2v) is 8.30. The number of nitrogens with zero attached hydrogens (tertiary/aromatic N) is 5. The van der Waals surface area contributed by atoms with E-state index in [9.17, 15) is 4.79 Å². The van der Waals surface area contributed by atoms with Gasteiger partial charge in [0.05, 0.1) is 18.1 Å². The van der Waals surface area contributed by atoms with E-state index in [4.69, 9.17) is 16.6 Å². The van der Waals surface area contributed by atoms with E-state index in [0.717, 1.165) is 35.2 Å². The van der Waals surface area contributed by atoms with Crippen LogP contribution in [0.4, 0.5) is 0 Å². The smallest absolute Gasteiger partial charge is 0.254 e. The van der Waals surface area contributed by atoms with Gasteiger partial charge in [0.2, 0.25) is 0 Å². The monoisotopic (exact) mass is 443 g/mol. The average Bonchev–Trinajstić information content (AvgIpc) is 3.52. The summed E-state index contributed by atoms with van der Waals surface area (Å²) in [5, 5.41) is 0.673. The molecule has 0 aliphatic carbocycles. The van der Waals surface area contributed by atoms with E-state index in [0.29, 0.717) is 23.9 Å². The van der Waals surface area contributed by atoms with Gasteiger partial charge in [-0.05, 0) is 54.8 Å². The summed E-state index contributed by atoms with van der Waals surface area (Å²) in [6, 6.07) is 17.1. The fraction of sp³-hybridized carbons (Fsp3) is 0.200. The van der Waals surface area contributed by atoms with Crippen LogP contribution < -0.4 is 0 Å². The molecule has 0 saturated carbocycles. The average molecular weight is 444 g/mol. The van der Waals surface area contributed by atoms with E-state index in [2.05, 4.69) is 9.97 Å². The summed E-state index contributed by atoms with van der Waals surface area (Å²) < 4.78 is 1.97. The fourth-order valence-electron chi connectivity index (χ4n) is 4.21. The van der Waals surface area contributed by atoms with Crippen LogP contribution in [0, 0.1) is 0 Å². The number of carbonyl (C=O) groups excluding carboxylic acids is 1. The predicted molar refractivity (Wildman–Crippen MR) is 123 cm³/mol. The minimum Gasteiger partial charge on any atom is -0.333 e. The maximum Gasteiger partial charge on any atom is 0.254 e. The van der Waals surface area contributed by atoms with Gasteiger partial charge < -0.3 is 9.47 Å². The van der Waals surface area contributed by atoms with Crippen molar-refractivity contribution >= 4 is 17.5 Å². The summed E-state index contributed by atoms with van der Waals surface area (Å²) >= 11 is 6.01. The van der Waals surface area contributed by atoms with Crippen molar-refractivity contribution in [2.45, 2.75) is 25.4 Å². The molecular weight excluding hydrogens is 422 g/mol. The summed E-state index contributed by atoms with van der Waals surface area (Å²) in [7, 11) is 0. The van der Waals surface area contributed by atoms with Crippen LogP contribution in [-0.4, -0.2) is 36.9 Å². The Morgan fingerprint density at radius 3 is 2.72 bits per heavy atom. The fourth-order valence-corrected chi connectivity index (χ4v) is 4.34. The van der Waals surface area contributed by atoms with Crippen LogP contribution in [0.15, 0.2) is 79.5 Å². The Bertz CT molecular complexity index is 1220. The van der Waals surface area contributed by atoms with Gasteiger partial charge in [-0.1, -0.05) is 29.8 Å². The number of rotatable bonds is 5. The quantitative estimate of drug-likeness (QED) is 0.434. The Morgan fingerprint density at radius 1 is 1.06 bits per heavy atom. The van der Waals surface area contributed by atoms with Crippen molar-refractivity contribution < 1.29 is 4.79 Å². The highest BCUT2D eigenvalue weighted by atomic mass is 35.5. The van der Waals surface area contributed by atoms with Crippen molar-refractivity contribution in [3.63, 3.8) is 0 Å². The van der Waals surface area contributed by atoms with Crippen LogP contribution >= 0.6 is 11.6 Å². The normalized spacial score (nSPS) is 15.8. The number of aromatic nitrogens is 4. The van der Waals surface area contributed by atoms with Crippen LogP contribution in [0.5, 0.6) is 0 Å². The summed E-state index contributed by atoms with van der Waals surface area (Å²) in [5.74, 6) is 0.675. The van der Waals surface area contributed by atoms with Crippen molar-refractivity contribution in [2.24, 2.45) is 0 Å². The minimum absolute atomic E-state index is 0.0369. The third-order valence-electron chi connectivity index (χ3n) is 5.79. The summed E-state index contributed by atoms with van der Waals surface area (Å²) in [6.45, 7) is 1.32. The predicted octanol–water partition coefficient (Wildman–Crippen LogP) is 5.02. The molecule has 1 unspecified atom stereocenters. The molecule has 0 radical (unpaired) electrons. The lowest BCUT2D eigenvalue weighted by molar-refractivity contribution is 0.0731. The molecular formula is C25H22ClN5O. The topological polar surface area (TPSA) is 63.9 Å². The number of halogens is 1. The van der Waals surface area contributed by atoms with Crippen molar-refractivity contribution in [2.75, 3.05) is 6.54 Å². The third kappa shape index (κ3) is 4.14. The van der Waals surface area contributed by atoms with Crippen molar-refractivity contribution in [1.29, 1.82) is 0 Å². The molecule has 4 aromatic rings. The SMILES string of the molecule is O=C(c1ccccc1Cn1ccnc1)N1CCCC1c1ccnc(-c2ccc(Cl)cc2)n1. The molecule has 1 fully saturated rings. The van der Waals surface area contributed by atoms with E-state index in [1.807, 2.05) is 70.3 Å². The lowest BCUT2D eigenvalue weighted by Gasteiger charge is -2.25. The van der Waals surface area contributed by atoms with Gasteiger partial charge in [-0.25, -0.2) is 15.0 Å². The number of likely N-dealkylation sites (tertiary alicyclic amines) is 1. The van der Waals surface area contributed by atoms with Gasteiger partial charge in [0.1, 0.15) is 0 Å². The largest absolute Gasteiger partial charge is 0.333 e. The van der Waals surface area contributed by atoms with Crippen LogP contribution in [0.3, 0.4) is 0 Å². The Labute approximate surface area is 191 Å². The Hall–Kier alpha value is -3.51. The Balaban J connectivity index is 1.43. The molecule has 160 valence electrons. The first kappa shape index (κ1) is 20.4. The van der Waals surface area contributed by atoms with Gasteiger partial charge in [0.25, 0.3) is 5.91 Å². The number of benzene rings is 2. The highest BCUT2D eigenvalue weighted by Gasteiger charge is 2.32. The molecule has 32 heavy (non-hydrogen) atoms. The van der Waals surface area contributed by atoms with Gasteiger partial charge in [-0.2, -0.15) is 0 Å². The Morgan fingerprint density at radius 2 is 1.91 bits per heavy atom. The van der Waals surface area contributed by atoms with Gasteiger partial charge in [0, 0.05) is 47.8 Å². The zero-order valence-corrected chi connectivity index (χ0v) is 18.2. The molecule has 1 amide bonds. The number of hydrogen-bond acceptors (Lipinski definition) is 4. The molecule has 6 nitrogen and oxygen atoms in total. The maximum atomic E-state index is 13.6. The molecule has 2 aromatic carbocycles. The molecule has 5 rings (SSSR count). The number of hydrogen-bond donors (Lipinski definition) is 0. The molecule has 1 aliphatic heterocycles. The molecule has 3 heterocycles. The van der Waals surface area contributed by atoms with E-state index >= 15 is 0 Å². The molecule has 0 spiro atoms. The molecule has 1 atom stereocenters. The molecule has 2 aromatic heterocycles. The zero-order valence-electron chi connectivity index (χ0n) is 17.4. The highest BCUT2D eigenvalue weighted by molar-refractivity contribution is 6.30. The number of imidazole rings is 1. The molecule has 1 aliphatic rings. The van der Waals surface area contributed by atoms with Crippen molar-refractivity contribution in [3.05, 3.63) is 101 Å². The van der Waals surface area contributed by atoms with Crippen LogP contribution in [0.25, 0.3) is 11.4 Å². The third-order valence-corrected chi connectivity index (χ3v) is 6.05. The lowest BCUT2D eigenvalue weighted by atomic mass is 10.0. The van der Waals surface area contributed by atoms with Crippen LogP contribution in [0.1, 0.15) is 40.5 Å². The van der Waals surface area contributed by atoms with E-state index in [1.165, 1.54) is 0 Å². The van der Waals surface area contributed by atoms with Gasteiger partial charge in [-0.3, -0.25) is 4.79 Å². The van der Waals surface area contributed by atoms with Gasteiger partial charge in [-0.15, -0.1) is 0 Å². The summed E-state index contributed by atoms with van der Waals surface area (Å²) in [5.41, 5.74) is 3.46. The number of carbonyl (C=O) groups is 1. The first-order valence-corrected chi connectivity index (χ1v) is 11.0. The van der Waals surface area contributed by atoms with Gasteiger partial charge >= 0.3 is 0 Å². The first-order chi connectivity index (χ1) is 15.7. The van der Waals surface area contributed by atoms with Crippen molar-refractivity contribution in [1.82, 2.24) is 24.4 Å². The maximum absolute atomic E-state index is 13.6. The van der Waals surface area contributed by atoms with Crippen LogP contribution in [0.2, 0.25) is 5.02 Å². The molecule has 0 N–H and O–H groups in total. The van der Waals surface area contributed by atoms with Gasteiger partial charge in [0.15, 0.2) is 5.82 Å². The van der Waals surface area contributed by atoms with E-state index in [-0.39, 0.29) is 11.9 Å². The molecule has 7 heteroatoms. The second-order valence-electron chi connectivity index (χ2n) is 7.86. The van der Waals surface area contributed by atoms with Crippen molar-refractivity contribution in [3.8, 4) is 11.4 Å². The van der Waals surface area contributed by atoms with E-state index < -0.39 is 0 Å². The van der Waals surface area contributed by atoms with Crippen LogP contribution in [-0.2, 0) is 6.54 Å². The number of amides is 1. The zero-order chi connectivity index (χ0) is 21.9. The first-order valence-electron chi connectivity index (χ1n) is 10.6. The highest BCUT2D eigenvalue weighted by Crippen LogP contribution is 2.33. The standard InChI is InChI=1S/C25H22ClN5O/c26-20-9-7-18(8-10-20)24-28-12-11-22(29-24)23-6-3-14-31(23)25(32)21-5-2-1-4-19(21)16-30-15-13-27-17-30/h1-2,4-5,7-13,15,17,23H,3,6,14,16H2. The second kappa shape index (κ2) is 8.93. The van der Waals surface area contributed by atoms with E-state index in [1.54, 1.807) is 18.7 Å². The molecule has 0 bridgehead atoms. The summed E-state index contributed by atoms with van der Waals surface area (Å²) in [4.78, 5) is 28.9. The molecule has 1 saturated heterocycles. The summed E-state index contributed by atoms with van der Waals surface area (Å²) in [6.07, 6.45) is 9.00.